The van der Waals surface area contributed by atoms with Crippen molar-refractivity contribution in [3.63, 3.8) is 0 Å². The van der Waals surface area contributed by atoms with E-state index in [4.69, 9.17) is 13.9 Å². The summed E-state index contributed by atoms with van der Waals surface area (Å²) in [6.07, 6.45) is 3.99. The minimum Gasteiger partial charge on any atom is -0.451 e. The van der Waals surface area contributed by atoms with Crippen LogP contribution in [0, 0.1) is 5.41 Å². The molecule has 0 aliphatic carbocycles. The van der Waals surface area contributed by atoms with Crippen LogP contribution >= 0.6 is 11.8 Å². The van der Waals surface area contributed by atoms with Gasteiger partial charge in [-0.05, 0) is 37.8 Å². The molecule has 0 N–H and O–H groups in total. The second-order valence-electron chi connectivity index (χ2n) is 6.41. The molecule has 0 radical (unpaired) electrons. The zero-order valence-electron chi connectivity index (χ0n) is 13.5. The van der Waals surface area contributed by atoms with Crippen molar-refractivity contribution < 1.29 is 18.7 Å². The van der Waals surface area contributed by atoms with E-state index in [0.717, 1.165) is 15.9 Å². The first-order valence-electron chi connectivity index (χ1n) is 7.60. The third kappa shape index (κ3) is 1.95. The summed E-state index contributed by atoms with van der Waals surface area (Å²) in [5.41, 5.74) is 0.393. The topological polar surface area (TPSA) is 65.7 Å². The fourth-order valence-electron chi connectivity index (χ4n) is 3.49. The lowest BCUT2D eigenvalue weighted by molar-refractivity contribution is -0.230. The molecule has 3 heterocycles. The first-order valence-corrected chi connectivity index (χ1v) is 8.83. The van der Waals surface area contributed by atoms with Crippen LogP contribution in [0.3, 0.4) is 0 Å². The van der Waals surface area contributed by atoms with Crippen LogP contribution in [0.25, 0.3) is 11.0 Å². The largest absolute Gasteiger partial charge is 0.451 e. The fourth-order valence-corrected chi connectivity index (χ4v) is 4.41. The molecular formula is C18H16O5S. The zero-order valence-corrected chi connectivity index (χ0v) is 14.4. The maximum atomic E-state index is 12.0. The van der Waals surface area contributed by atoms with Crippen molar-refractivity contribution in [1.82, 2.24) is 0 Å². The Bertz CT molecular complexity index is 960. The number of carbonyl (C=O) groups is 1. The van der Waals surface area contributed by atoms with Gasteiger partial charge in [0.05, 0.1) is 5.41 Å². The lowest BCUT2D eigenvalue weighted by Gasteiger charge is -2.51. The van der Waals surface area contributed by atoms with Crippen molar-refractivity contribution in [2.45, 2.75) is 26.1 Å². The Hall–Kier alpha value is -2.21. The summed E-state index contributed by atoms with van der Waals surface area (Å²) in [5.74, 6) is -0.936. The molecule has 0 amide bonds. The molecule has 2 aliphatic rings. The Balaban J connectivity index is 1.98. The van der Waals surface area contributed by atoms with Gasteiger partial charge in [-0.3, -0.25) is 0 Å². The van der Waals surface area contributed by atoms with Crippen LogP contribution in [-0.2, 0) is 16.0 Å². The third-order valence-corrected chi connectivity index (χ3v) is 6.00. The smallest absolute Gasteiger partial charge is 0.336 e. The molecule has 5 nitrogen and oxygen atoms in total. The zero-order chi connectivity index (χ0) is 17.1. The van der Waals surface area contributed by atoms with E-state index in [0.29, 0.717) is 17.8 Å². The van der Waals surface area contributed by atoms with Gasteiger partial charge >= 0.3 is 11.6 Å². The fraction of sp³-hybridized carbons (Fsp3) is 0.333. The number of carbonyl (C=O) groups excluding carboxylic acids is 1. The molecule has 0 bridgehead atoms. The molecule has 0 saturated heterocycles. The van der Waals surface area contributed by atoms with Crippen molar-refractivity contribution in [2.24, 2.45) is 5.41 Å². The number of hydrogen-bond acceptors (Lipinski definition) is 6. The van der Waals surface area contributed by atoms with Gasteiger partial charge < -0.3 is 13.9 Å². The van der Waals surface area contributed by atoms with Crippen molar-refractivity contribution in [2.75, 3.05) is 6.26 Å². The molecule has 1 aromatic heterocycles. The van der Waals surface area contributed by atoms with Crippen LogP contribution in [-0.4, -0.2) is 18.0 Å². The summed E-state index contributed by atoms with van der Waals surface area (Å²) in [6.45, 7) is 3.78. The number of benzene rings is 1. The summed E-state index contributed by atoms with van der Waals surface area (Å²) < 4.78 is 17.1. The maximum absolute atomic E-state index is 12.0. The molecule has 0 fully saturated rings. The molecule has 124 valence electrons. The van der Waals surface area contributed by atoms with Gasteiger partial charge in [-0.2, -0.15) is 0 Å². The van der Waals surface area contributed by atoms with E-state index in [2.05, 4.69) is 0 Å². The van der Waals surface area contributed by atoms with Gasteiger partial charge in [0.1, 0.15) is 11.3 Å². The molecule has 0 unspecified atom stereocenters. The molecule has 0 spiro atoms. The first-order chi connectivity index (χ1) is 11.4. The average molecular weight is 344 g/mol. The minimum absolute atomic E-state index is 0.398. The maximum Gasteiger partial charge on any atom is 0.336 e. The van der Waals surface area contributed by atoms with E-state index in [1.165, 1.54) is 23.9 Å². The van der Waals surface area contributed by atoms with Gasteiger partial charge in [-0.25, -0.2) is 9.59 Å². The van der Waals surface area contributed by atoms with Gasteiger partial charge in [0.2, 0.25) is 0 Å². The van der Waals surface area contributed by atoms with E-state index >= 15 is 0 Å². The van der Waals surface area contributed by atoms with E-state index in [1.54, 1.807) is 13.0 Å². The highest BCUT2D eigenvalue weighted by Crippen LogP contribution is 2.55. The quantitative estimate of drug-likeness (QED) is 0.584. The van der Waals surface area contributed by atoms with Crippen LogP contribution in [0.2, 0.25) is 0 Å². The molecule has 4 rings (SSSR count). The van der Waals surface area contributed by atoms with Crippen LogP contribution in [0.15, 0.2) is 44.5 Å². The Labute approximate surface area is 142 Å². The van der Waals surface area contributed by atoms with Crippen molar-refractivity contribution >= 4 is 28.7 Å². The number of ether oxygens (including phenoxy) is 2. The highest BCUT2D eigenvalue weighted by molar-refractivity contribution is 8.02. The molecule has 0 saturated carbocycles. The molecule has 6 heteroatoms. The van der Waals surface area contributed by atoms with E-state index in [9.17, 15) is 9.59 Å². The van der Waals surface area contributed by atoms with Crippen LogP contribution in [0.5, 0.6) is 5.75 Å². The predicted octanol–water partition coefficient (Wildman–Crippen LogP) is 3.25. The monoisotopic (exact) mass is 344 g/mol. The van der Waals surface area contributed by atoms with Crippen LogP contribution in [0.4, 0.5) is 0 Å². The number of rotatable bonds is 1. The van der Waals surface area contributed by atoms with E-state index < -0.39 is 22.8 Å². The lowest BCUT2D eigenvalue weighted by Crippen LogP contribution is -2.58. The second-order valence-corrected chi connectivity index (χ2v) is 7.25. The summed E-state index contributed by atoms with van der Waals surface area (Å²) in [7, 11) is 0. The highest BCUT2D eigenvalue weighted by Gasteiger charge is 2.58. The molecule has 2 aromatic rings. The van der Waals surface area contributed by atoms with Gasteiger partial charge in [0, 0.05) is 34.9 Å². The van der Waals surface area contributed by atoms with Gasteiger partial charge in [0.15, 0.2) is 0 Å². The molecule has 24 heavy (non-hydrogen) atoms. The second kappa shape index (κ2) is 4.89. The SMILES string of the molecule is CSC1=CC(=O)O[C@]2(C)Oc3ccc4ccc(=O)oc4c3C[C@]12C. The van der Waals surface area contributed by atoms with Crippen molar-refractivity contribution in [3.8, 4) is 5.75 Å². The summed E-state index contributed by atoms with van der Waals surface area (Å²) in [6, 6.07) is 6.80. The van der Waals surface area contributed by atoms with Crippen LogP contribution in [0.1, 0.15) is 19.4 Å². The van der Waals surface area contributed by atoms with Gasteiger partial charge in [-0.15, -0.1) is 11.8 Å². The normalized spacial score (nSPS) is 28.5. The lowest BCUT2D eigenvalue weighted by atomic mass is 9.72. The minimum atomic E-state index is -1.10. The third-order valence-electron chi connectivity index (χ3n) is 4.99. The molecular weight excluding hydrogens is 328 g/mol. The van der Waals surface area contributed by atoms with E-state index in [1.807, 2.05) is 25.3 Å². The van der Waals surface area contributed by atoms with Crippen molar-refractivity contribution in [3.05, 3.63) is 51.2 Å². The highest BCUT2D eigenvalue weighted by atomic mass is 32.2. The Morgan fingerprint density at radius 2 is 1.83 bits per heavy atom. The predicted molar refractivity (Wildman–Crippen MR) is 91.0 cm³/mol. The molecule has 2 atom stereocenters. The number of hydrogen-bond donors (Lipinski definition) is 0. The van der Waals surface area contributed by atoms with Gasteiger partial charge in [0.25, 0.3) is 5.79 Å². The summed E-state index contributed by atoms with van der Waals surface area (Å²) in [5, 5.41) is 0.839. The van der Waals surface area contributed by atoms with E-state index in [-0.39, 0.29) is 0 Å². The Morgan fingerprint density at radius 1 is 1.08 bits per heavy atom. The van der Waals surface area contributed by atoms with Crippen LogP contribution < -0.4 is 10.4 Å². The average Bonchev–Trinajstić information content (AvgIpc) is 2.53. The molecule has 2 aliphatic heterocycles. The summed E-state index contributed by atoms with van der Waals surface area (Å²) >= 11 is 1.50. The first kappa shape index (κ1) is 15.3. The number of thioether (sulfide) groups is 1. The van der Waals surface area contributed by atoms with Crippen molar-refractivity contribution in [1.29, 1.82) is 0 Å². The molecule has 1 aromatic carbocycles. The number of fused-ring (bicyclic) bond motifs is 4. The standard InChI is InChI=1S/C18H16O5S/c1-17-9-11-12(6-4-10-5-7-14(19)21-16(10)11)22-18(17,2)23-15(20)8-13(17)24-3/h4-8H,9H2,1-3H3/t17-,18+/m1/s1. The number of esters is 1. The Morgan fingerprint density at radius 3 is 2.58 bits per heavy atom. The summed E-state index contributed by atoms with van der Waals surface area (Å²) in [4.78, 5) is 24.5. The Kier molecular flexibility index (Phi) is 3.12. The van der Waals surface area contributed by atoms with Gasteiger partial charge in [-0.1, -0.05) is 0 Å².